The smallest absolute Gasteiger partial charge is 0.299 e. The molecule has 7 nitrogen and oxygen atoms in total. The van der Waals surface area contributed by atoms with Gasteiger partial charge in [0.15, 0.2) is 0 Å². The third kappa shape index (κ3) is 5.35. The van der Waals surface area contributed by atoms with Crippen molar-refractivity contribution in [3.63, 3.8) is 0 Å². The molecule has 0 aromatic carbocycles. The molecular formula is C10H22ClN5O2S. The third-order valence-electron chi connectivity index (χ3n) is 2.53. The van der Waals surface area contributed by atoms with Gasteiger partial charge in [-0.3, -0.25) is 4.68 Å². The summed E-state index contributed by atoms with van der Waals surface area (Å²) in [6.45, 7) is 4.96. The summed E-state index contributed by atoms with van der Waals surface area (Å²) in [5.41, 5.74) is 0.507. The summed E-state index contributed by atoms with van der Waals surface area (Å²) in [5, 5.41) is 9.36. The Morgan fingerprint density at radius 1 is 1.47 bits per heavy atom. The van der Waals surface area contributed by atoms with Crippen molar-refractivity contribution in [3.8, 4) is 0 Å². The molecule has 3 N–H and O–H groups in total. The van der Waals surface area contributed by atoms with Gasteiger partial charge in [0.25, 0.3) is 10.2 Å². The minimum atomic E-state index is -3.76. The Morgan fingerprint density at radius 2 is 2.05 bits per heavy atom. The zero-order chi connectivity index (χ0) is 13.9. The predicted molar refractivity (Wildman–Crippen MR) is 70.7 cm³/mol. The van der Waals surface area contributed by atoms with Crippen LogP contribution in [-0.4, -0.2) is 45.4 Å². The SMILES string of the molecule is CC(C)n1cc(N(CC[NH+](C)C)S(N)(=O)=O)cn1.[Cl-]. The van der Waals surface area contributed by atoms with Crippen LogP contribution in [0.3, 0.4) is 0 Å². The van der Waals surface area contributed by atoms with E-state index in [0.717, 1.165) is 4.90 Å². The minimum Gasteiger partial charge on any atom is -1.00 e. The fourth-order valence-electron chi connectivity index (χ4n) is 1.47. The monoisotopic (exact) mass is 311 g/mol. The van der Waals surface area contributed by atoms with E-state index in [2.05, 4.69) is 5.10 Å². The summed E-state index contributed by atoms with van der Waals surface area (Å²) >= 11 is 0. The average molecular weight is 312 g/mol. The molecule has 0 saturated carbocycles. The van der Waals surface area contributed by atoms with E-state index < -0.39 is 10.2 Å². The fraction of sp³-hybridized carbons (Fsp3) is 0.700. The molecule has 1 rings (SSSR count). The lowest BCUT2D eigenvalue weighted by atomic mass is 10.4. The highest BCUT2D eigenvalue weighted by Crippen LogP contribution is 2.16. The molecule has 0 saturated heterocycles. The van der Waals surface area contributed by atoms with Gasteiger partial charge in [-0.1, -0.05) is 0 Å². The van der Waals surface area contributed by atoms with Gasteiger partial charge in [0.2, 0.25) is 0 Å². The van der Waals surface area contributed by atoms with Crippen LogP contribution in [0.2, 0.25) is 0 Å². The zero-order valence-electron chi connectivity index (χ0n) is 11.7. The summed E-state index contributed by atoms with van der Waals surface area (Å²) in [4.78, 5) is 1.15. The second-order valence-corrected chi connectivity index (χ2v) is 6.32. The average Bonchev–Trinajstić information content (AvgIpc) is 2.64. The van der Waals surface area contributed by atoms with E-state index in [9.17, 15) is 8.42 Å². The Balaban J connectivity index is 0.00000324. The predicted octanol–water partition coefficient (Wildman–Crippen LogP) is -4.38. The van der Waals surface area contributed by atoms with Gasteiger partial charge in [-0.25, -0.2) is 9.44 Å². The number of anilines is 1. The molecule has 1 aromatic heterocycles. The van der Waals surface area contributed by atoms with Crippen LogP contribution in [0.25, 0.3) is 0 Å². The maximum Gasteiger partial charge on any atom is 0.299 e. The van der Waals surface area contributed by atoms with Crippen LogP contribution < -0.4 is 26.8 Å². The molecule has 19 heavy (non-hydrogen) atoms. The molecule has 0 aliphatic rings. The van der Waals surface area contributed by atoms with Gasteiger partial charge in [0.05, 0.1) is 39.1 Å². The molecule has 0 unspecified atom stereocenters. The first-order valence-corrected chi connectivity index (χ1v) is 7.35. The molecular weight excluding hydrogens is 290 g/mol. The first-order valence-electron chi connectivity index (χ1n) is 5.85. The summed E-state index contributed by atoms with van der Waals surface area (Å²) in [6, 6.07) is 0.181. The summed E-state index contributed by atoms with van der Waals surface area (Å²) < 4.78 is 26.1. The van der Waals surface area contributed by atoms with Gasteiger partial charge >= 0.3 is 0 Å². The highest BCUT2D eigenvalue weighted by molar-refractivity contribution is 7.90. The summed E-state index contributed by atoms with van der Waals surface area (Å²) in [5.74, 6) is 0. The minimum absolute atomic E-state index is 0. The summed E-state index contributed by atoms with van der Waals surface area (Å²) in [7, 11) is 0.155. The van der Waals surface area contributed by atoms with Crippen molar-refractivity contribution in [2.45, 2.75) is 19.9 Å². The Bertz CT molecular complexity index is 486. The number of hydrogen-bond donors (Lipinski definition) is 2. The molecule has 0 aliphatic heterocycles. The van der Waals surface area contributed by atoms with Gasteiger partial charge in [-0.05, 0) is 13.8 Å². The van der Waals surface area contributed by atoms with E-state index in [4.69, 9.17) is 5.14 Å². The molecule has 0 atom stereocenters. The molecule has 0 fully saturated rings. The lowest BCUT2D eigenvalue weighted by molar-refractivity contribution is -0.856. The van der Waals surface area contributed by atoms with E-state index in [1.807, 2.05) is 27.9 Å². The van der Waals surface area contributed by atoms with Crippen LogP contribution in [0.15, 0.2) is 12.4 Å². The Kier molecular flexibility index (Phi) is 6.78. The number of nitrogens with zero attached hydrogens (tertiary/aromatic N) is 3. The third-order valence-corrected chi connectivity index (χ3v) is 3.53. The van der Waals surface area contributed by atoms with Gasteiger partial charge in [0, 0.05) is 12.2 Å². The molecule has 0 spiro atoms. The molecule has 112 valence electrons. The Morgan fingerprint density at radius 3 is 2.42 bits per heavy atom. The van der Waals surface area contributed by atoms with Crippen LogP contribution >= 0.6 is 0 Å². The molecule has 1 aromatic rings. The largest absolute Gasteiger partial charge is 1.00 e. The van der Waals surface area contributed by atoms with E-state index in [1.165, 1.54) is 10.5 Å². The topological polar surface area (TPSA) is 85.7 Å². The van der Waals surface area contributed by atoms with Crippen molar-refractivity contribution >= 4 is 15.9 Å². The van der Waals surface area contributed by atoms with Crippen molar-refractivity contribution in [2.24, 2.45) is 5.14 Å². The van der Waals surface area contributed by atoms with E-state index >= 15 is 0 Å². The maximum atomic E-state index is 11.6. The number of likely N-dealkylation sites (N-methyl/N-ethyl adjacent to an activating group) is 1. The molecule has 0 radical (unpaired) electrons. The van der Waals surface area contributed by atoms with E-state index in [1.54, 1.807) is 10.9 Å². The van der Waals surface area contributed by atoms with Crippen molar-refractivity contribution in [1.82, 2.24) is 9.78 Å². The normalized spacial score (nSPS) is 11.7. The molecule has 9 heteroatoms. The number of nitrogens with one attached hydrogen (secondary N) is 1. The van der Waals surface area contributed by atoms with Crippen molar-refractivity contribution in [2.75, 3.05) is 31.5 Å². The molecule has 1 heterocycles. The standard InChI is InChI=1S/C10H21N5O2S.ClH/c1-9(2)14-8-10(7-12-14)15(18(11,16)17)6-5-13(3)4;/h7-9H,5-6H2,1-4H3,(H2,11,16,17);1H. The van der Waals surface area contributed by atoms with Crippen molar-refractivity contribution < 1.29 is 25.7 Å². The van der Waals surface area contributed by atoms with Crippen molar-refractivity contribution in [1.29, 1.82) is 0 Å². The van der Waals surface area contributed by atoms with Gasteiger partial charge in [-0.2, -0.15) is 13.5 Å². The fourth-order valence-corrected chi connectivity index (χ4v) is 2.20. The maximum absolute atomic E-state index is 11.6. The number of hydrogen-bond acceptors (Lipinski definition) is 3. The number of rotatable bonds is 6. The van der Waals surface area contributed by atoms with Crippen LogP contribution in [-0.2, 0) is 10.2 Å². The number of aromatic nitrogens is 2. The number of halogens is 1. The second-order valence-electron chi connectivity index (χ2n) is 4.85. The van der Waals surface area contributed by atoms with Crippen LogP contribution in [0.4, 0.5) is 5.69 Å². The van der Waals surface area contributed by atoms with Gasteiger partial charge < -0.3 is 17.3 Å². The zero-order valence-corrected chi connectivity index (χ0v) is 13.2. The second kappa shape index (κ2) is 7.09. The molecule has 0 aliphatic carbocycles. The van der Waals surface area contributed by atoms with Gasteiger partial charge in [0.1, 0.15) is 0 Å². The highest BCUT2D eigenvalue weighted by Gasteiger charge is 2.20. The quantitative estimate of drug-likeness (QED) is 0.556. The van der Waals surface area contributed by atoms with Gasteiger partial charge in [-0.15, -0.1) is 0 Å². The van der Waals surface area contributed by atoms with E-state index in [-0.39, 0.29) is 18.4 Å². The molecule has 0 amide bonds. The lowest BCUT2D eigenvalue weighted by Gasteiger charge is -2.20. The number of quaternary nitrogens is 1. The van der Waals surface area contributed by atoms with Crippen LogP contribution in [0, 0.1) is 0 Å². The summed E-state index contributed by atoms with van der Waals surface area (Å²) in [6.07, 6.45) is 3.22. The number of nitrogens with two attached hydrogens (primary N) is 1. The highest BCUT2D eigenvalue weighted by atomic mass is 35.5. The first-order chi connectivity index (χ1) is 8.21. The lowest BCUT2D eigenvalue weighted by Crippen LogP contribution is -3.06. The first kappa shape index (κ1) is 18.2. The molecule has 0 bridgehead atoms. The van der Waals surface area contributed by atoms with Crippen LogP contribution in [0.5, 0.6) is 0 Å². The van der Waals surface area contributed by atoms with Crippen molar-refractivity contribution in [3.05, 3.63) is 12.4 Å². The Labute approximate surface area is 121 Å². The Hall–Kier alpha value is -0.830. The van der Waals surface area contributed by atoms with Crippen LogP contribution in [0.1, 0.15) is 19.9 Å². The van der Waals surface area contributed by atoms with E-state index in [0.29, 0.717) is 18.8 Å².